The lowest BCUT2D eigenvalue weighted by atomic mass is 9.96. The Kier molecular flexibility index (Phi) is 4.99. The first kappa shape index (κ1) is 13.0. The molecule has 0 unspecified atom stereocenters. The molecule has 0 atom stereocenters. The van der Waals surface area contributed by atoms with E-state index in [1.165, 1.54) is 58.4 Å². The maximum atomic E-state index is 10.9. The zero-order valence-corrected chi connectivity index (χ0v) is 11.2. The average molecular weight is 238 g/mol. The minimum atomic E-state index is 0.323. The van der Waals surface area contributed by atoms with Gasteiger partial charge < -0.3 is 9.80 Å². The maximum absolute atomic E-state index is 10.9. The number of piperidine rings is 1. The van der Waals surface area contributed by atoms with Crippen LogP contribution in [0.3, 0.4) is 0 Å². The van der Waals surface area contributed by atoms with Gasteiger partial charge in [-0.2, -0.15) is 0 Å². The molecule has 0 aromatic heterocycles. The molecule has 0 bridgehead atoms. The molecule has 2 rings (SSSR count). The van der Waals surface area contributed by atoms with Crippen LogP contribution in [-0.2, 0) is 4.79 Å². The fraction of sp³-hybridized carbons (Fsp3) is 0.929. The van der Waals surface area contributed by atoms with E-state index in [0.717, 1.165) is 18.9 Å². The van der Waals surface area contributed by atoms with Crippen LogP contribution in [0, 0.1) is 5.92 Å². The first-order chi connectivity index (χ1) is 8.24. The van der Waals surface area contributed by atoms with E-state index in [1.54, 1.807) is 6.92 Å². The fourth-order valence-corrected chi connectivity index (χ4v) is 3.04. The van der Waals surface area contributed by atoms with Gasteiger partial charge in [0.1, 0.15) is 5.78 Å². The summed E-state index contributed by atoms with van der Waals surface area (Å²) in [5.41, 5.74) is 0. The van der Waals surface area contributed by atoms with E-state index in [4.69, 9.17) is 0 Å². The maximum Gasteiger partial charge on any atom is 0.131 e. The summed E-state index contributed by atoms with van der Waals surface area (Å²) in [5.74, 6) is 1.23. The van der Waals surface area contributed by atoms with E-state index in [-0.39, 0.29) is 0 Å². The molecule has 98 valence electrons. The van der Waals surface area contributed by atoms with E-state index in [2.05, 4.69) is 9.80 Å². The summed E-state index contributed by atoms with van der Waals surface area (Å²) in [6.45, 7) is 9.04. The minimum absolute atomic E-state index is 0.323. The second-order valence-corrected chi connectivity index (χ2v) is 5.74. The molecule has 0 saturated carbocycles. The van der Waals surface area contributed by atoms with Crippen molar-refractivity contribution in [1.82, 2.24) is 9.80 Å². The van der Waals surface area contributed by atoms with Crippen LogP contribution in [0.1, 0.15) is 39.0 Å². The van der Waals surface area contributed by atoms with E-state index < -0.39 is 0 Å². The average Bonchev–Trinajstić information content (AvgIpc) is 2.81. The van der Waals surface area contributed by atoms with E-state index >= 15 is 0 Å². The fourth-order valence-electron chi connectivity index (χ4n) is 3.04. The zero-order valence-electron chi connectivity index (χ0n) is 11.2. The Bertz CT molecular complexity index is 241. The molecule has 2 saturated heterocycles. The first-order valence-electron chi connectivity index (χ1n) is 7.18. The Morgan fingerprint density at radius 2 is 1.71 bits per heavy atom. The molecule has 0 aromatic rings. The Balaban J connectivity index is 1.61. The van der Waals surface area contributed by atoms with Crippen molar-refractivity contribution >= 4 is 5.78 Å². The van der Waals surface area contributed by atoms with Gasteiger partial charge in [0.2, 0.25) is 0 Å². The van der Waals surface area contributed by atoms with Gasteiger partial charge in [-0.25, -0.2) is 0 Å². The van der Waals surface area contributed by atoms with Crippen LogP contribution >= 0.6 is 0 Å². The Hall–Kier alpha value is -0.410. The van der Waals surface area contributed by atoms with Gasteiger partial charge in [0.15, 0.2) is 0 Å². The van der Waals surface area contributed by atoms with Gasteiger partial charge in [0, 0.05) is 19.5 Å². The zero-order chi connectivity index (χ0) is 12.1. The number of ketones is 1. The number of hydrogen-bond acceptors (Lipinski definition) is 3. The Morgan fingerprint density at radius 1 is 1.06 bits per heavy atom. The number of nitrogens with zero attached hydrogens (tertiary/aromatic N) is 2. The van der Waals surface area contributed by atoms with Crippen LogP contribution in [0.5, 0.6) is 0 Å². The predicted molar refractivity (Wildman–Crippen MR) is 70.1 cm³/mol. The molecule has 0 radical (unpaired) electrons. The summed E-state index contributed by atoms with van der Waals surface area (Å²) in [6.07, 6.45) is 6.19. The SMILES string of the molecule is CC(=O)CCN1CCC(CN2CCCC2)CC1. The molecular weight excluding hydrogens is 212 g/mol. The van der Waals surface area contributed by atoms with Gasteiger partial charge in [-0.05, 0) is 64.7 Å². The third kappa shape index (κ3) is 4.40. The van der Waals surface area contributed by atoms with Crippen molar-refractivity contribution in [3.63, 3.8) is 0 Å². The van der Waals surface area contributed by atoms with Gasteiger partial charge in [-0.3, -0.25) is 4.79 Å². The van der Waals surface area contributed by atoms with Crippen molar-refractivity contribution in [3.8, 4) is 0 Å². The summed E-state index contributed by atoms with van der Waals surface area (Å²) in [5, 5.41) is 0. The van der Waals surface area contributed by atoms with Gasteiger partial charge in [0.05, 0.1) is 0 Å². The summed E-state index contributed by atoms with van der Waals surface area (Å²) < 4.78 is 0. The van der Waals surface area contributed by atoms with Crippen molar-refractivity contribution in [3.05, 3.63) is 0 Å². The van der Waals surface area contributed by atoms with Crippen LogP contribution < -0.4 is 0 Å². The Morgan fingerprint density at radius 3 is 2.29 bits per heavy atom. The highest BCUT2D eigenvalue weighted by atomic mass is 16.1. The molecule has 0 amide bonds. The Labute approximate surface area is 105 Å². The normalized spacial score (nSPS) is 24.3. The van der Waals surface area contributed by atoms with E-state index in [1.807, 2.05) is 0 Å². The quantitative estimate of drug-likeness (QED) is 0.729. The van der Waals surface area contributed by atoms with Crippen LogP contribution in [0.2, 0.25) is 0 Å². The van der Waals surface area contributed by atoms with E-state index in [0.29, 0.717) is 5.78 Å². The molecule has 0 aromatic carbocycles. The summed E-state index contributed by atoms with van der Waals surface area (Å²) in [6, 6.07) is 0. The molecule has 17 heavy (non-hydrogen) atoms. The number of carbonyl (C=O) groups excluding carboxylic acids is 1. The minimum Gasteiger partial charge on any atom is -0.303 e. The summed E-state index contributed by atoms with van der Waals surface area (Å²) >= 11 is 0. The van der Waals surface area contributed by atoms with Gasteiger partial charge in [-0.15, -0.1) is 0 Å². The van der Waals surface area contributed by atoms with Crippen molar-refractivity contribution in [2.75, 3.05) is 39.3 Å². The lowest BCUT2D eigenvalue weighted by Gasteiger charge is -2.33. The van der Waals surface area contributed by atoms with Crippen molar-refractivity contribution in [2.24, 2.45) is 5.92 Å². The highest BCUT2D eigenvalue weighted by molar-refractivity contribution is 5.75. The first-order valence-corrected chi connectivity index (χ1v) is 7.18. The molecule has 2 fully saturated rings. The third-order valence-corrected chi connectivity index (χ3v) is 4.20. The van der Waals surface area contributed by atoms with Crippen LogP contribution in [-0.4, -0.2) is 54.9 Å². The molecule has 2 aliphatic heterocycles. The van der Waals surface area contributed by atoms with E-state index in [9.17, 15) is 4.79 Å². The van der Waals surface area contributed by atoms with Crippen LogP contribution in [0.25, 0.3) is 0 Å². The summed E-state index contributed by atoms with van der Waals surface area (Å²) in [7, 11) is 0. The standard InChI is InChI=1S/C14H26N2O/c1-13(17)4-9-15-10-5-14(6-11-15)12-16-7-2-3-8-16/h14H,2-12H2,1H3. The number of rotatable bonds is 5. The van der Waals surface area contributed by atoms with Gasteiger partial charge in [0.25, 0.3) is 0 Å². The molecule has 2 aliphatic rings. The smallest absolute Gasteiger partial charge is 0.131 e. The molecule has 2 heterocycles. The van der Waals surface area contributed by atoms with Gasteiger partial charge >= 0.3 is 0 Å². The lowest BCUT2D eigenvalue weighted by molar-refractivity contribution is -0.117. The monoisotopic (exact) mass is 238 g/mol. The van der Waals surface area contributed by atoms with Gasteiger partial charge in [-0.1, -0.05) is 0 Å². The largest absolute Gasteiger partial charge is 0.303 e. The molecule has 3 heteroatoms. The van der Waals surface area contributed by atoms with Crippen molar-refractivity contribution in [1.29, 1.82) is 0 Å². The highest BCUT2D eigenvalue weighted by Gasteiger charge is 2.22. The topological polar surface area (TPSA) is 23.6 Å². The number of hydrogen-bond donors (Lipinski definition) is 0. The molecule has 0 N–H and O–H groups in total. The predicted octanol–water partition coefficient (Wildman–Crippen LogP) is 1.77. The van der Waals surface area contributed by atoms with Crippen LogP contribution in [0.4, 0.5) is 0 Å². The van der Waals surface area contributed by atoms with Crippen molar-refractivity contribution in [2.45, 2.75) is 39.0 Å². The second-order valence-electron chi connectivity index (χ2n) is 5.74. The number of likely N-dealkylation sites (tertiary alicyclic amines) is 2. The molecule has 0 aliphatic carbocycles. The molecule has 0 spiro atoms. The summed E-state index contributed by atoms with van der Waals surface area (Å²) in [4.78, 5) is 16.0. The third-order valence-electron chi connectivity index (χ3n) is 4.20. The van der Waals surface area contributed by atoms with Crippen molar-refractivity contribution < 1.29 is 4.79 Å². The molecular formula is C14H26N2O. The number of Topliss-reactive ketones (excluding diaryl/α,β-unsaturated/α-hetero) is 1. The second kappa shape index (κ2) is 6.50. The highest BCUT2D eigenvalue weighted by Crippen LogP contribution is 2.20. The number of carbonyl (C=O) groups is 1. The van der Waals surface area contributed by atoms with Crippen LogP contribution in [0.15, 0.2) is 0 Å². The molecule has 3 nitrogen and oxygen atoms in total. The lowest BCUT2D eigenvalue weighted by Crippen LogP contribution is -2.38.